The van der Waals surface area contributed by atoms with Crippen LogP contribution in [-0.4, -0.2) is 4.98 Å². The van der Waals surface area contributed by atoms with Crippen molar-refractivity contribution >= 4 is 38.5 Å². The molecule has 0 amide bonds. The number of halogens is 4. The maximum absolute atomic E-state index is 12.3. The van der Waals surface area contributed by atoms with Crippen LogP contribution in [0, 0.1) is 15.0 Å². The molecule has 0 spiro atoms. The first-order chi connectivity index (χ1) is 6.07. The first kappa shape index (κ1) is 10.8. The monoisotopic (exact) mass is 358 g/mol. The molecule has 1 heterocycles. The Kier molecular flexibility index (Phi) is 3.55. The molecule has 0 atom stereocenters. The third kappa shape index (κ3) is 2.14. The van der Waals surface area contributed by atoms with E-state index in [1.54, 1.807) is 0 Å². The SMILES string of the molecule is N#Cc1c(I)ncc(C(F)F)c1Br. The van der Waals surface area contributed by atoms with Gasteiger partial charge in [0.15, 0.2) is 0 Å². The summed E-state index contributed by atoms with van der Waals surface area (Å²) >= 11 is 4.76. The van der Waals surface area contributed by atoms with Gasteiger partial charge < -0.3 is 0 Å². The second-order valence-electron chi connectivity index (χ2n) is 2.11. The highest BCUT2D eigenvalue weighted by Crippen LogP contribution is 2.30. The second-order valence-corrected chi connectivity index (χ2v) is 3.92. The number of alkyl halides is 2. The molecule has 13 heavy (non-hydrogen) atoms. The van der Waals surface area contributed by atoms with Gasteiger partial charge in [-0.05, 0) is 38.5 Å². The molecule has 0 bridgehead atoms. The van der Waals surface area contributed by atoms with Gasteiger partial charge in [-0.1, -0.05) is 0 Å². The van der Waals surface area contributed by atoms with Gasteiger partial charge in [-0.15, -0.1) is 0 Å². The first-order valence-electron chi connectivity index (χ1n) is 3.10. The van der Waals surface area contributed by atoms with E-state index in [0.29, 0.717) is 3.70 Å². The highest BCUT2D eigenvalue weighted by atomic mass is 127. The van der Waals surface area contributed by atoms with Crippen LogP contribution in [-0.2, 0) is 0 Å². The maximum atomic E-state index is 12.3. The molecule has 2 nitrogen and oxygen atoms in total. The number of pyridine rings is 1. The quantitative estimate of drug-likeness (QED) is 0.570. The Balaban J connectivity index is 3.38. The minimum atomic E-state index is -2.62. The lowest BCUT2D eigenvalue weighted by Crippen LogP contribution is -1.95. The van der Waals surface area contributed by atoms with E-state index in [-0.39, 0.29) is 15.6 Å². The molecule has 1 rings (SSSR count). The number of rotatable bonds is 1. The van der Waals surface area contributed by atoms with Crippen LogP contribution in [0.25, 0.3) is 0 Å². The molecule has 0 radical (unpaired) electrons. The summed E-state index contributed by atoms with van der Waals surface area (Å²) in [5, 5.41) is 8.64. The van der Waals surface area contributed by atoms with Crippen molar-refractivity contribution in [2.45, 2.75) is 6.43 Å². The van der Waals surface area contributed by atoms with Gasteiger partial charge in [-0.2, -0.15) is 5.26 Å². The predicted octanol–water partition coefficient (Wildman–Crippen LogP) is 3.26. The van der Waals surface area contributed by atoms with E-state index in [1.165, 1.54) is 0 Å². The van der Waals surface area contributed by atoms with Gasteiger partial charge in [0.2, 0.25) is 0 Å². The predicted molar refractivity (Wildman–Crippen MR) is 54.3 cm³/mol. The van der Waals surface area contributed by atoms with E-state index in [1.807, 2.05) is 28.7 Å². The Hall–Kier alpha value is -0.290. The van der Waals surface area contributed by atoms with Crippen LogP contribution in [0.5, 0.6) is 0 Å². The third-order valence-corrected chi connectivity index (χ3v) is 3.02. The molecule has 0 saturated heterocycles. The minimum Gasteiger partial charge on any atom is -0.248 e. The molecule has 0 unspecified atom stereocenters. The Morgan fingerprint density at radius 2 is 2.23 bits per heavy atom. The van der Waals surface area contributed by atoms with Crippen molar-refractivity contribution in [3.05, 3.63) is 25.5 Å². The molecule has 1 aromatic rings. The molecule has 0 fully saturated rings. The normalized spacial score (nSPS) is 10.2. The molecular formula is C7H2BrF2IN2. The molecular weight excluding hydrogens is 357 g/mol. The van der Waals surface area contributed by atoms with Crippen molar-refractivity contribution in [1.29, 1.82) is 5.26 Å². The molecule has 1 aromatic heterocycles. The summed E-state index contributed by atoms with van der Waals surface area (Å²) in [5.41, 5.74) is -0.102. The second kappa shape index (κ2) is 4.28. The number of nitrogens with zero attached hydrogens (tertiary/aromatic N) is 2. The highest BCUT2D eigenvalue weighted by Gasteiger charge is 2.17. The average Bonchev–Trinajstić information content (AvgIpc) is 2.04. The molecule has 0 aliphatic rings. The van der Waals surface area contributed by atoms with Gasteiger partial charge in [0.25, 0.3) is 6.43 Å². The number of hydrogen-bond acceptors (Lipinski definition) is 2. The van der Waals surface area contributed by atoms with E-state index < -0.39 is 6.43 Å². The smallest absolute Gasteiger partial charge is 0.248 e. The Labute approximate surface area is 95.2 Å². The Morgan fingerprint density at radius 3 is 2.69 bits per heavy atom. The molecule has 68 valence electrons. The fraction of sp³-hybridized carbons (Fsp3) is 0.143. The lowest BCUT2D eigenvalue weighted by Gasteiger charge is -2.04. The zero-order valence-corrected chi connectivity index (χ0v) is 9.80. The lowest BCUT2D eigenvalue weighted by atomic mass is 10.2. The van der Waals surface area contributed by atoms with Crippen LogP contribution < -0.4 is 0 Å². The molecule has 6 heteroatoms. The molecule has 0 aromatic carbocycles. The van der Waals surface area contributed by atoms with Crippen molar-refractivity contribution in [2.75, 3.05) is 0 Å². The molecule has 0 aliphatic carbocycles. The van der Waals surface area contributed by atoms with Crippen molar-refractivity contribution in [2.24, 2.45) is 0 Å². The highest BCUT2D eigenvalue weighted by molar-refractivity contribution is 14.1. The fourth-order valence-corrected chi connectivity index (χ4v) is 2.18. The van der Waals surface area contributed by atoms with Crippen LogP contribution in [0.15, 0.2) is 10.7 Å². The fourth-order valence-electron chi connectivity index (χ4n) is 0.730. The van der Waals surface area contributed by atoms with Gasteiger partial charge in [0.05, 0.1) is 11.1 Å². The summed E-state index contributed by atoms with van der Waals surface area (Å²) in [6.45, 7) is 0. The van der Waals surface area contributed by atoms with Gasteiger partial charge in [0.1, 0.15) is 9.77 Å². The topological polar surface area (TPSA) is 36.7 Å². The van der Waals surface area contributed by atoms with E-state index >= 15 is 0 Å². The summed E-state index contributed by atoms with van der Waals surface area (Å²) < 4.78 is 25.1. The summed E-state index contributed by atoms with van der Waals surface area (Å²) in [6, 6.07) is 1.81. The van der Waals surface area contributed by atoms with E-state index in [0.717, 1.165) is 6.20 Å². The van der Waals surface area contributed by atoms with E-state index in [4.69, 9.17) is 5.26 Å². The number of hydrogen-bond donors (Lipinski definition) is 0. The van der Waals surface area contributed by atoms with Crippen LogP contribution in [0.2, 0.25) is 0 Å². The lowest BCUT2D eigenvalue weighted by molar-refractivity contribution is 0.150. The number of aromatic nitrogens is 1. The maximum Gasteiger partial charge on any atom is 0.266 e. The Bertz CT molecular complexity index is 375. The summed E-state index contributed by atoms with van der Waals surface area (Å²) in [4.78, 5) is 3.69. The molecule has 0 aliphatic heterocycles. The van der Waals surface area contributed by atoms with Gasteiger partial charge >= 0.3 is 0 Å². The Morgan fingerprint density at radius 1 is 1.62 bits per heavy atom. The summed E-state index contributed by atoms with van der Waals surface area (Å²) in [6.07, 6.45) is -1.55. The van der Waals surface area contributed by atoms with Crippen molar-refractivity contribution in [3.8, 4) is 6.07 Å². The molecule has 0 saturated carbocycles. The van der Waals surface area contributed by atoms with Crippen LogP contribution in [0.1, 0.15) is 17.6 Å². The van der Waals surface area contributed by atoms with E-state index in [2.05, 4.69) is 20.9 Å². The zero-order valence-electron chi connectivity index (χ0n) is 6.06. The van der Waals surface area contributed by atoms with Gasteiger partial charge in [-0.25, -0.2) is 13.8 Å². The standard InChI is InChI=1S/C7H2BrF2IN2/c8-5-3(1-12)7(11)13-2-4(5)6(9)10/h2,6H. The van der Waals surface area contributed by atoms with Crippen LogP contribution in [0.4, 0.5) is 8.78 Å². The minimum absolute atomic E-state index is 0.129. The first-order valence-corrected chi connectivity index (χ1v) is 4.97. The zero-order chi connectivity index (χ0) is 10.0. The van der Waals surface area contributed by atoms with Crippen molar-refractivity contribution in [3.63, 3.8) is 0 Å². The van der Waals surface area contributed by atoms with Gasteiger partial charge in [-0.3, -0.25) is 0 Å². The average molecular weight is 359 g/mol. The summed E-state index contributed by atoms with van der Waals surface area (Å²) in [7, 11) is 0. The van der Waals surface area contributed by atoms with Crippen molar-refractivity contribution < 1.29 is 8.78 Å². The van der Waals surface area contributed by atoms with E-state index in [9.17, 15) is 8.78 Å². The number of nitriles is 1. The largest absolute Gasteiger partial charge is 0.266 e. The third-order valence-electron chi connectivity index (χ3n) is 1.34. The van der Waals surface area contributed by atoms with Gasteiger partial charge in [0, 0.05) is 10.7 Å². The van der Waals surface area contributed by atoms with Crippen molar-refractivity contribution in [1.82, 2.24) is 4.98 Å². The van der Waals surface area contributed by atoms with Crippen LogP contribution in [0.3, 0.4) is 0 Å². The van der Waals surface area contributed by atoms with Crippen LogP contribution >= 0.6 is 38.5 Å². The molecule has 0 N–H and O–H groups in total. The summed E-state index contributed by atoms with van der Waals surface area (Å²) in [5.74, 6) is 0.